The number of carbonyl (C=O) groups is 1. The van der Waals surface area contributed by atoms with Crippen LogP contribution in [0.2, 0.25) is 0 Å². The number of carbonyl (C=O) groups excluding carboxylic acids is 1. The van der Waals surface area contributed by atoms with E-state index in [4.69, 9.17) is 9.47 Å². The van der Waals surface area contributed by atoms with E-state index in [9.17, 15) is 4.79 Å². The molecule has 192 valence electrons. The zero-order valence-corrected chi connectivity index (χ0v) is 21.4. The molecule has 0 unspecified atom stereocenters. The zero-order chi connectivity index (χ0) is 24.9. The van der Waals surface area contributed by atoms with Crippen molar-refractivity contribution in [1.82, 2.24) is 25.0 Å². The number of piperidine rings is 1. The summed E-state index contributed by atoms with van der Waals surface area (Å²) in [5, 5.41) is 8.59. The molecule has 1 amide bonds. The quantitative estimate of drug-likeness (QED) is 0.507. The van der Waals surface area contributed by atoms with Gasteiger partial charge in [0.05, 0.1) is 32.5 Å². The van der Waals surface area contributed by atoms with Crippen molar-refractivity contribution in [2.24, 2.45) is 5.92 Å². The number of rotatable bonds is 8. The molecule has 36 heavy (non-hydrogen) atoms. The molecule has 0 radical (unpaired) electrons. The van der Waals surface area contributed by atoms with E-state index in [1.54, 1.807) is 26.6 Å². The van der Waals surface area contributed by atoms with Gasteiger partial charge in [0, 0.05) is 48.9 Å². The summed E-state index contributed by atoms with van der Waals surface area (Å²) in [5.41, 5.74) is 2.29. The van der Waals surface area contributed by atoms with Crippen LogP contribution in [0.25, 0.3) is 11.0 Å². The number of likely N-dealkylation sites (tertiary alicyclic amines) is 1. The fraction of sp³-hybridized carbons (Fsp3) is 0.536. The van der Waals surface area contributed by atoms with E-state index >= 15 is 0 Å². The maximum absolute atomic E-state index is 13.0. The minimum absolute atomic E-state index is 0.0558. The molecule has 2 aromatic heterocycles. The number of methoxy groups -OCH3 is 2. The van der Waals surface area contributed by atoms with Crippen molar-refractivity contribution >= 4 is 16.9 Å². The van der Waals surface area contributed by atoms with Crippen molar-refractivity contribution in [3.8, 4) is 11.5 Å². The highest BCUT2D eigenvalue weighted by Crippen LogP contribution is 2.27. The Labute approximate surface area is 213 Å². The van der Waals surface area contributed by atoms with Crippen molar-refractivity contribution in [3.63, 3.8) is 0 Å². The lowest BCUT2D eigenvalue weighted by molar-refractivity contribution is 0.0901. The van der Waals surface area contributed by atoms with Crippen LogP contribution in [-0.4, -0.2) is 65.5 Å². The minimum atomic E-state index is -0.0558. The van der Waals surface area contributed by atoms with Gasteiger partial charge in [0.2, 0.25) is 0 Å². The molecular weight excluding hydrogens is 454 g/mol. The predicted molar refractivity (Wildman–Crippen MR) is 140 cm³/mol. The van der Waals surface area contributed by atoms with E-state index in [-0.39, 0.29) is 11.9 Å². The molecule has 3 aromatic rings. The fourth-order valence-electron chi connectivity index (χ4n) is 5.62. The summed E-state index contributed by atoms with van der Waals surface area (Å²) >= 11 is 0. The van der Waals surface area contributed by atoms with E-state index in [0.717, 1.165) is 59.9 Å². The van der Waals surface area contributed by atoms with Crippen molar-refractivity contribution in [1.29, 1.82) is 0 Å². The summed E-state index contributed by atoms with van der Waals surface area (Å²) in [6.07, 6.45) is 12.4. The van der Waals surface area contributed by atoms with Crippen molar-refractivity contribution < 1.29 is 14.3 Å². The first kappa shape index (κ1) is 24.6. The lowest BCUT2D eigenvalue weighted by Gasteiger charge is -2.35. The second-order valence-corrected chi connectivity index (χ2v) is 10.2. The van der Waals surface area contributed by atoms with Crippen LogP contribution in [0, 0.1) is 5.92 Å². The Morgan fingerprint density at radius 3 is 2.58 bits per heavy atom. The molecule has 1 aromatic carbocycles. The van der Waals surface area contributed by atoms with Gasteiger partial charge < -0.3 is 19.7 Å². The summed E-state index contributed by atoms with van der Waals surface area (Å²) in [7, 11) is 3.28. The topological polar surface area (TPSA) is 81.5 Å². The van der Waals surface area contributed by atoms with E-state index in [1.165, 1.54) is 38.6 Å². The average molecular weight is 492 g/mol. The Kier molecular flexibility index (Phi) is 7.70. The third kappa shape index (κ3) is 5.64. The standard InChI is InChI=1S/C28H37N5O3/c1-35-25-9-8-21(26(15-25)36-2)19-33-27-22(17-30-33)14-23(16-29-27)28(34)31-24-10-12-32(13-11-24)18-20-6-4-3-5-7-20/h8-9,14-17,20,24H,3-7,10-13,18-19H2,1-2H3,(H,31,34). The molecule has 0 atom stereocenters. The Morgan fingerprint density at radius 1 is 1.03 bits per heavy atom. The summed E-state index contributed by atoms with van der Waals surface area (Å²) in [6.45, 7) is 3.88. The summed E-state index contributed by atoms with van der Waals surface area (Å²) < 4.78 is 12.6. The Hall–Kier alpha value is -3.13. The molecule has 0 bridgehead atoms. The number of hydrogen-bond acceptors (Lipinski definition) is 6. The number of ether oxygens (including phenoxy) is 2. The first-order valence-electron chi connectivity index (χ1n) is 13.2. The van der Waals surface area contributed by atoms with Crippen molar-refractivity contribution in [2.75, 3.05) is 33.9 Å². The SMILES string of the molecule is COc1ccc(Cn2ncc3cc(C(=O)NC4CCN(CC5CCCCC5)CC4)cnc32)c(OC)c1. The van der Waals surface area contributed by atoms with Gasteiger partial charge in [-0.25, -0.2) is 9.67 Å². The van der Waals surface area contributed by atoms with Crippen LogP contribution >= 0.6 is 0 Å². The molecule has 1 aliphatic carbocycles. The first-order valence-corrected chi connectivity index (χ1v) is 13.2. The van der Waals surface area contributed by atoms with Gasteiger partial charge in [-0.2, -0.15) is 5.10 Å². The van der Waals surface area contributed by atoms with Gasteiger partial charge >= 0.3 is 0 Å². The van der Waals surface area contributed by atoms with E-state index in [2.05, 4.69) is 20.3 Å². The van der Waals surface area contributed by atoms with Crippen LogP contribution < -0.4 is 14.8 Å². The molecule has 1 N–H and O–H groups in total. The van der Waals surface area contributed by atoms with Crippen molar-refractivity contribution in [2.45, 2.75) is 57.5 Å². The Balaban J connectivity index is 1.18. The maximum atomic E-state index is 13.0. The fourth-order valence-corrected chi connectivity index (χ4v) is 5.62. The number of hydrogen-bond donors (Lipinski definition) is 1. The Bertz CT molecular complexity index is 1180. The summed E-state index contributed by atoms with van der Waals surface area (Å²) in [6, 6.07) is 7.83. The highest BCUT2D eigenvalue weighted by molar-refractivity contribution is 5.97. The van der Waals surface area contributed by atoms with E-state index < -0.39 is 0 Å². The zero-order valence-electron chi connectivity index (χ0n) is 21.4. The van der Waals surface area contributed by atoms with Crippen LogP contribution in [0.5, 0.6) is 11.5 Å². The average Bonchev–Trinajstić information content (AvgIpc) is 3.32. The van der Waals surface area contributed by atoms with Crippen molar-refractivity contribution in [3.05, 3.63) is 47.8 Å². The second kappa shape index (κ2) is 11.3. The molecule has 3 heterocycles. The van der Waals surface area contributed by atoms with E-state index in [0.29, 0.717) is 12.1 Å². The monoisotopic (exact) mass is 491 g/mol. The molecule has 2 fully saturated rings. The molecule has 5 rings (SSSR count). The third-order valence-electron chi connectivity index (χ3n) is 7.72. The number of nitrogens with one attached hydrogen (secondary N) is 1. The highest BCUT2D eigenvalue weighted by atomic mass is 16.5. The van der Waals surface area contributed by atoms with E-state index in [1.807, 2.05) is 28.9 Å². The molecule has 0 spiro atoms. The van der Waals surface area contributed by atoms with Gasteiger partial charge in [-0.3, -0.25) is 4.79 Å². The van der Waals surface area contributed by atoms with Crippen LogP contribution in [0.1, 0.15) is 60.9 Å². The predicted octanol–water partition coefficient (Wildman–Crippen LogP) is 4.27. The third-order valence-corrected chi connectivity index (χ3v) is 7.72. The number of amides is 1. The largest absolute Gasteiger partial charge is 0.497 e. The lowest BCUT2D eigenvalue weighted by atomic mass is 9.88. The van der Waals surface area contributed by atoms with Gasteiger partial charge in [-0.1, -0.05) is 19.3 Å². The number of pyridine rings is 1. The summed E-state index contributed by atoms with van der Waals surface area (Å²) in [5.74, 6) is 2.29. The van der Waals surface area contributed by atoms with Gasteiger partial charge in [-0.05, 0) is 49.8 Å². The van der Waals surface area contributed by atoms with Gasteiger partial charge in [0.1, 0.15) is 11.5 Å². The molecule has 1 aliphatic heterocycles. The summed E-state index contributed by atoms with van der Waals surface area (Å²) in [4.78, 5) is 20.2. The molecule has 1 saturated carbocycles. The Morgan fingerprint density at radius 2 is 1.83 bits per heavy atom. The number of fused-ring (bicyclic) bond motifs is 1. The van der Waals surface area contributed by atoms with Gasteiger partial charge in [0.15, 0.2) is 5.65 Å². The lowest BCUT2D eigenvalue weighted by Crippen LogP contribution is -2.46. The number of nitrogens with zero attached hydrogens (tertiary/aromatic N) is 4. The second-order valence-electron chi connectivity index (χ2n) is 10.2. The maximum Gasteiger partial charge on any atom is 0.253 e. The highest BCUT2D eigenvalue weighted by Gasteiger charge is 2.24. The van der Waals surface area contributed by atoms with Crippen LogP contribution in [0.4, 0.5) is 0 Å². The van der Waals surface area contributed by atoms with Gasteiger partial charge in [-0.15, -0.1) is 0 Å². The minimum Gasteiger partial charge on any atom is -0.497 e. The number of aromatic nitrogens is 3. The number of benzene rings is 1. The molecular formula is C28H37N5O3. The van der Waals surface area contributed by atoms with Crippen LogP contribution in [-0.2, 0) is 6.54 Å². The molecule has 2 aliphatic rings. The van der Waals surface area contributed by atoms with Gasteiger partial charge in [0.25, 0.3) is 5.91 Å². The van der Waals surface area contributed by atoms with Crippen LogP contribution in [0.3, 0.4) is 0 Å². The molecule has 8 nitrogen and oxygen atoms in total. The first-order chi connectivity index (χ1) is 17.6. The normalized spacial score (nSPS) is 17.8. The van der Waals surface area contributed by atoms with Crippen LogP contribution in [0.15, 0.2) is 36.7 Å². The molecule has 1 saturated heterocycles. The smallest absolute Gasteiger partial charge is 0.253 e. The molecule has 8 heteroatoms.